The van der Waals surface area contributed by atoms with Gasteiger partial charge in [0.1, 0.15) is 53.8 Å². The van der Waals surface area contributed by atoms with E-state index in [1.807, 2.05) is 0 Å². The number of aliphatic hydroxyl groups excluding tert-OH is 1. The monoisotopic (exact) mass is 1150 g/mol. The first-order valence-electron chi connectivity index (χ1n) is 25.6. The molecule has 25 heteroatoms. The number of hydrogen-bond donors (Lipinski definition) is 14. The van der Waals surface area contributed by atoms with E-state index in [0.717, 1.165) is 27.2 Å². The SMILES string of the molecule is C[C@@H](O)[C@@H]1NC(=O)[C@H](CCCCCN)NC(=O)[C@@H](Cc2ccc(CN)cc2)NC(=O)[C@H](Cc2ccc(O)cc2)NC(=O)[C@H](NC(=O)[C@@H](N)Cc2ccc(Cl)cc2)CSSC[C@@H](C(=O)N[C@H](Cc2ccc(O)cc2)C(N)=O)NC1=O. The Morgan fingerprint density at radius 3 is 1.68 bits per heavy atom. The Kier molecular flexibility index (Phi) is 25.2. The summed E-state index contributed by atoms with van der Waals surface area (Å²) in [6, 6.07) is 13.8. The van der Waals surface area contributed by atoms with Gasteiger partial charge in [-0.15, -0.1) is 0 Å². The standard InChI is InChI=1S/C54H70ClN11O11S2/c1-30(67)46-54(77)65-45(52(75)61-41(47(59)70)24-33-12-18-37(68)19-13-33)29-79-78-28-44(64-48(71)39(58)23-31-10-16-36(55)17-11-31)53(76)63-43(26-34-14-20-38(69)21-15-34)51(74)62-42(25-32-6-8-35(27-57)9-7-32)50(73)60-40(49(72)66-46)5-3-2-4-22-56/h6-21,30,39-46,67-69H,2-5,22-29,56-58H2,1H3,(H2,59,70)(H,60,73)(H,61,75)(H,62,74)(H,63,76)(H,64,71)(H,65,77)(H,66,72)/t30-,39+,40+,41-,42-,43+,44-,45+,46+/m1/s1. The Morgan fingerprint density at radius 1 is 0.633 bits per heavy atom. The molecule has 426 valence electrons. The van der Waals surface area contributed by atoms with Crippen molar-refractivity contribution >= 4 is 80.4 Å². The highest BCUT2D eigenvalue weighted by Gasteiger charge is 2.36. The van der Waals surface area contributed by atoms with E-state index in [0.29, 0.717) is 53.1 Å². The van der Waals surface area contributed by atoms with Gasteiger partial charge < -0.3 is 75.5 Å². The molecule has 0 spiro atoms. The summed E-state index contributed by atoms with van der Waals surface area (Å²) >= 11 is 6.08. The molecule has 0 aromatic heterocycles. The molecule has 5 rings (SSSR count). The summed E-state index contributed by atoms with van der Waals surface area (Å²) in [5, 5.41) is 50.0. The van der Waals surface area contributed by atoms with Crippen molar-refractivity contribution in [3.8, 4) is 11.5 Å². The molecule has 1 heterocycles. The third kappa shape index (κ3) is 20.7. The van der Waals surface area contributed by atoms with Crippen molar-refractivity contribution in [2.75, 3.05) is 18.1 Å². The average molecular weight is 1150 g/mol. The van der Waals surface area contributed by atoms with Gasteiger partial charge >= 0.3 is 0 Å². The van der Waals surface area contributed by atoms with Crippen LogP contribution in [-0.2, 0) is 70.6 Å². The molecule has 0 saturated carbocycles. The lowest BCUT2D eigenvalue weighted by Gasteiger charge is -2.29. The maximum absolute atomic E-state index is 14.8. The fourth-order valence-electron chi connectivity index (χ4n) is 8.22. The van der Waals surface area contributed by atoms with Crippen LogP contribution in [0.15, 0.2) is 97.1 Å². The maximum atomic E-state index is 14.8. The molecule has 0 radical (unpaired) electrons. The van der Waals surface area contributed by atoms with Gasteiger partial charge in [-0.2, -0.15) is 0 Å². The molecule has 4 aromatic rings. The summed E-state index contributed by atoms with van der Waals surface area (Å²) < 4.78 is 0. The summed E-state index contributed by atoms with van der Waals surface area (Å²) in [6.07, 6.45) is -0.457. The van der Waals surface area contributed by atoms with Gasteiger partial charge in [0.25, 0.3) is 0 Å². The Labute approximate surface area is 470 Å². The Hall–Kier alpha value is -6.93. The molecule has 0 bridgehead atoms. The zero-order valence-electron chi connectivity index (χ0n) is 43.5. The molecular weight excluding hydrogens is 1080 g/mol. The van der Waals surface area contributed by atoms with Crippen molar-refractivity contribution in [2.45, 2.75) is 119 Å². The number of unbranched alkanes of at least 4 members (excludes halogenated alkanes) is 2. The lowest BCUT2D eigenvalue weighted by molar-refractivity contribution is -0.136. The van der Waals surface area contributed by atoms with Gasteiger partial charge in [-0.05, 0) is 96.9 Å². The van der Waals surface area contributed by atoms with Crippen molar-refractivity contribution in [3.05, 3.63) is 130 Å². The van der Waals surface area contributed by atoms with Gasteiger partial charge in [-0.3, -0.25) is 38.4 Å². The number of carbonyl (C=O) groups is 8. The molecule has 1 aliphatic rings. The normalized spacial score (nSPS) is 21.1. The van der Waals surface area contributed by atoms with E-state index in [9.17, 15) is 53.7 Å². The van der Waals surface area contributed by atoms with Crippen LogP contribution in [0, 0.1) is 0 Å². The Bertz CT molecular complexity index is 2690. The second-order valence-electron chi connectivity index (χ2n) is 19.1. The van der Waals surface area contributed by atoms with Gasteiger partial charge in [0.05, 0.1) is 12.1 Å². The number of rotatable bonds is 20. The molecule has 79 heavy (non-hydrogen) atoms. The highest BCUT2D eigenvalue weighted by atomic mass is 35.5. The summed E-state index contributed by atoms with van der Waals surface area (Å²) in [4.78, 5) is 114. The molecule has 0 aliphatic carbocycles. The summed E-state index contributed by atoms with van der Waals surface area (Å²) in [5.74, 6) is -7.67. The largest absolute Gasteiger partial charge is 0.508 e. The number of aliphatic hydroxyl groups is 1. The van der Waals surface area contributed by atoms with Crippen LogP contribution in [0.2, 0.25) is 5.02 Å². The molecule has 1 saturated heterocycles. The predicted molar refractivity (Wildman–Crippen MR) is 302 cm³/mol. The summed E-state index contributed by atoms with van der Waals surface area (Å²) in [7, 11) is 1.94. The molecular formula is C54H70ClN11O11S2. The third-order valence-electron chi connectivity index (χ3n) is 12.8. The topological polar surface area (TPSA) is 386 Å². The third-order valence-corrected chi connectivity index (χ3v) is 15.5. The fraction of sp³-hybridized carbons (Fsp3) is 0.407. The number of phenolic OH excluding ortho intramolecular Hbond substituents is 2. The highest BCUT2D eigenvalue weighted by Crippen LogP contribution is 2.24. The summed E-state index contributed by atoms with van der Waals surface area (Å²) in [6.45, 7) is 1.81. The number of benzene rings is 4. The molecule has 1 fully saturated rings. The molecule has 18 N–H and O–H groups in total. The van der Waals surface area contributed by atoms with Crippen molar-refractivity contribution in [2.24, 2.45) is 22.9 Å². The van der Waals surface area contributed by atoms with Crippen molar-refractivity contribution < 1.29 is 53.7 Å². The fourth-order valence-corrected chi connectivity index (χ4v) is 10.7. The van der Waals surface area contributed by atoms with Crippen LogP contribution in [0.3, 0.4) is 0 Å². The smallest absolute Gasteiger partial charge is 0.245 e. The number of halogens is 1. The molecule has 9 atom stereocenters. The van der Waals surface area contributed by atoms with Crippen LogP contribution in [-0.4, -0.2) is 135 Å². The first kappa shape index (κ1) is 62.9. The molecule has 8 amide bonds. The predicted octanol–water partition coefficient (Wildman–Crippen LogP) is -0.0184. The lowest BCUT2D eigenvalue weighted by Crippen LogP contribution is -2.62. The van der Waals surface area contributed by atoms with E-state index in [4.69, 9.17) is 34.5 Å². The number of nitrogens with one attached hydrogen (secondary N) is 7. The lowest BCUT2D eigenvalue weighted by atomic mass is 10.00. The number of primary amides is 1. The maximum Gasteiger partial charge on any atom is 0.245 e. The van der Waals surface area contributed by atoms with Gasteiger partial charge in [-0.1, -0.05) is 107 Å². The van der Waals surface area contributed by atoms with Crippen LogP contribution < -0.4 is 60.2 Å². The minimum Gasteiger partial charge on any atom is -0.508 e. The number of aromatic hydroxyl groups is 2. The van der Waals surface area contributed by atoms with Gasteiger partial charge in [0.2, 0.25) is 47.3 Å². The molecule has 1 aliphatic heterocycles. The minimum atomic E-state index is -1.73. The number of nitrogens with two attached hydrogens (primary N) is 4. The second kappa shape index (κ2) is 31.6. The van der Waals surface area contributed by atoms with Gasteiger partial charge in [-0.25, -0.2) is 0 Å². The average Bonchev–Trinajstić information content (AvgIpc) is 3.42. The summed E-state index contributed by atoms with van der Waals surface area (Å²) in [5.41, 5.74) is 26.8. The van der Waals surface area contributed by atoms with Gasteiger partial charge in [0.15, 0.2) is 0 Å². The number of amides is 8. The number of hydrogen-bond acceptors (Lipinski definition) is 16. The van der Waals surface area contributed by atoms with E-state index in [2.05, 4.69) is 37.2 Å². The quantitative estimate of drug-likeness (QED) is 0.0409. The highest BCUT2D eigenvalue weighted by molar-refractivity contribution is 8.76. The molecule has 4 aromatic carbocycles. The zero-order chi connectivity index (χ0) is 57.6. The van der Waals surface area contributed by atoms with Crippen molar-refractivity contribution in [1.82, 2.24) is 37.2 Å². The van der Waals surface area contributed by atoms with E-state index in [1.54, 1.807) is 48.5 Å². The van der Waals surface area contributed by atoms with Crippen LogP contribution in [0.5, 0.6) is 11.5 Å². The Morgan fingerprint density at radius 2 is 1.13 bits per heavy atom. The van der Waals surface area contributed by atoms with Crippen LogP contribution in [0.1, 0.15) is 60.4 Å². The molecule has 0 unspecified atom stereocenters. The van der Waals surface area contributed by atoms with Crippen molar-refractivity contribution in [1.29, 1.82) is 0 Å². The number of phenols is 2. The van der Waals surface area contributed by atoms with Crippen LogP contribution >= 0.6 is 33.2 Å². The zero-order valence-corrected chi connectivity index (χ0v) is 45.9. The van der Waals surface area contributed by atoms with Crippen LogP contribution in [0.4, 0.5) is 0 Å². The minimum absolute atomic E-state index is 0.0159. The first-order valence-corrected chi connectivity index (χ1v) is 28.5. The van der Waals surface area contributed by atoms with Crippen molar-refractivity contribution in [3.63, 3.8) is 0 Å². The number of carbonyl (C=O) groups excluding carboxylic acids is 8. The van der Waals surface area contributed by atoms with E-state index in [-0.39, 0.29) is 61.7 Å². The van der Waals surface area contributed by atoms with Crippen LogP contribution in [0.25, 0.3) is 0 Å². The Balaban J connectivity index is 1.57. The second-order valence-corrected chi connectivity index (χ2v) is 22.1. The van der Waals surface area contributed by atoms with E-state index in [1.165, 1.54) is 55.5 Å². The first-order chi connectivity index (χ1) is 37.7. The van der Waals surface area contributed by atoms with Gasteiger partial charge in [0, 0.05) is 42.3 Å². The molecule has 22 nitrogen and oxygen atoms in total. The van der Waals surface area contributed by atoms with E-state index < -0.39 is 102 Å². The van der Waals surface area contributed by atoms with E-state index >= 15 is 0 Å².